The van der Waals surface area contributed by atoms with E-state index in [1.165, 1.54) is 12.1 Å². The van der Waals surface area contributed by atoms with E-state index in [1.54, 1.807) is 6.07 Å². The largest absolute Gasteiger partial charge is 0.503 e. The van der Waals surface area contributed by atoms with E-state index in [2.05, 4.69) is 4.98 Å². The van der Waals surface area contributed by atoms with Gasteiger partial charge in [0.1, 0.15) is 11.8 Å². The Balaban J connectivity index is 3.34. The molecule has 0 unspecified atom stereocenters. The maximum Gasteiger partial charge on any atom is 0.291 e. The monoisotopic (exact) mass is 136 g/mol. The summed E-state index contributed by atoms with van der Waals surface area (Å²) in [5.41, 5.74) is -0.498. The van der Waals surface area contributed by atoms with Crippen molar-refractivity contribution in [2.75, 3.05) is 0 Å². The van der Waals surface area contributed by atoms with Crippen LogP contribution >= 0.6 is 0 Å². The van der Waals surface area contributed by atoms with E-state index in [1.807, 2.05) is 0 Å². The van der Waals surface area contributed by atoms with Crippen LogP contribution in [0.3, 0.4) is 0 Å². The van der Waals surface area contributed by atoms with Crippen molar-refractivity contribution < 1.29 is 5.11 Å². The van der Waals surface area contributed by atoms with Gasteiger partial charge in [-0.2, -0.15) is 5.26 Å². The average molecular weight is 136 g/mol. The standard InChI is InChI=1S/C6H4N2O2/c7-3-4-1-2-5(9)6(10)8-4/h1-2,9H,(H,8,10). The number of H-pyrrole nitrogens is 1. The molecule has 0 bridgehead atoms. The third kappa shape index (κ3) is 0.977. The van der Waals surface area contributed by atoms with Crippen LogP contribution < -0.4 is 5.56 Å². The molecule has 10 heavy (non-hydrogen) atoms. The molecule has 0 aromatic carbocycles. The Morgan fingerprint density at radius 2 is 2.30 bits per heavy atom. The van der Waals surface area contributed by atoms with E-state index < -0.39 is 5.56 Å². The normalized spacial score (nSPS) is 8.70. The van der Waals surface area contributed by atoms with Gasteiger partial charge in [0.05, 0.1) is 0 Å². The first-order chi connectivity index (χ1) is 4.74. The van der Waals surface area contributed by atoms with E-state index in [4.69, 9.17) is 10.4 Å². The minimum Gasteiger partial charge on any atom is -0.503 e. The van der Waals surface area contributed by atoms with E-state index >= 15 is 0 Å². The summed E-state index contributed by atoms with van der Waals surface area (Å²) in [6, 6.07) is 4.24. The van der Waals surface area contributed by atoms with Gasteiger partial charge in [-0.1, -0.05) is 0 Å². The summed E-state index contributed by atoms with van der Waals surface area (Å²) in [5.74, 6) is -0.376. The van der Waals surface area contributed by atoms with Crippen LogP contribution in [0.25, 0.3) is 0 Å². The third-order valence-electron chi connectivity index (χ3n) is 1.01. The molecule has 0 aliphatic rings. The molecule has 4 nitrogen and oxygen atoms in total. The lowest BCUT2D eigenvalue weighted by molar-refractivity contribution is 0.466. The summed E-state index contributed by atoms with van der Waals surface area (Å²) in [5, 5.41) is 16.9. The van der Waals surface area contributed by atoms with Crippen molar-refractivity contribution in [2.24, 2.45) is 0 Å². The van der Waals surface area contributed by atoms with Crippen molar-refractivity contribution in [2.45, 2.75) is 0 Å². The number of aromatic nitrogens is 1. The van der Waals surface area contributed by atoms with Crippen LogP contribution in [0.15, 0.2) is 16.9 Å². The number of rotatable bonds is 0. The van der Waals surface area contributed by atoms with Crippen molar-refractivity contribution in [3.63, 3.8) is 0 Å². The van der Waals surface area contributed by atoms with Gasteiger partial charge in [-0.05, 0) is 12.1 Å². The van der Waals surface area contributed by atoms with E-state index in [-0.39, 0.29) is 11.4 Å². The lowest BCUT2D eigenvalue weighted by Gasteiger charge is -1.88. The Morgan fingerprint density at radius 1 is 1.60 bits per heavy atom. The highest BCUT2D eigenvalue weighted by Gasteiger charge is 1.95. The van der Waals surface area contributed by atoms with Crippen LogP contribution in [0.5, 0.6) is 5.75 Å². The molecule has 0 fully saturated rings. The SMILES string of the molecule is N#Cc1ccc(O)c(=O)[nH]1. The minimum atomic E-state index is -0.640. The first-order valence-electron chi connectivity index (χ1n) is 2.56. The molecule has 0 aliphatic heterocycles. The maximum absolute atomic E-state index is 10.5. The summed E-state index contributed by atoms with van der Waals surface area (Å²) in [7, 11) is 0. The fourth-order valence-electron chi connectivity index (χ4n) is 0.531. The van der Waals surface area contributed by atoms with Gasteiger partial charge in [0.15, 0.2) is 5.75 Å². The van der Waals surface area contributed by atoms with Gasteiger partial charge in [-0.15, -0.1) is 0 Å². The zero-order chi connectivity index (χ0) is 7.56. The molecular formula is C6H4N2O2. The van der Waals surface area contributed by atoms with Crippen molar-refractivity contribution in [3.05, 3.63) is 28.2 Å². The van der Waals surface area contributed by atoms with Gasteiger partial charge >= 0.3 is 0 Å². The fourth-order valence-corrected chi connectivity index (χ4v) is 0.531. The van der Waals surface area contributed by atoms with Crippen molar-refractivity contribution >= 4 is 0 Å². The lowest BCUT2D eigenvalue weighted by Crippen LogP contribution is -2.05. The number of nitrogens with zero attached hydrogens (tertiary/aromatic N) is 1. The topological polar surface area (TPSA) is 76.9 Å². The number of hydrogen-bond acceptors (Lipinski definition) is 3. The van der Waals surface area contributed by atoms with Gasteiger partial charge < -0.3 is 10.1 Å². The number of aromatic amines is 1. The fraction of sp³-hybridized carbons (Fsp3) is 0. The van der Waals surface area contributed by atoms with Crippen molar-refractivity contribution in [3.8, 4) is 11.8 Å². The highest BCUT2D eigenvalue weighted by Crippen LogP contribution is 1.97. The van der Waals surface area contributed by atoms with Gasteiger partial charge in [0, 0.05) is 0 Å². The number of nitriles is 1. The summed E-state index contributed by atoms with van der Waals surface area (Å²) < 4.78 is 0. The molecule has 50 valence electrons. The lowest BCUT2D eigenvalue weighted by atomic mass is 10.4. The second-order valence-corrected chi connectivity index (χ2v) is 1.70. The molecule has 0 atom stereocenters. The smallest absolute Gasteiger partial charge is 0.291 e. The van der Waals surface area contributed by atoms with Crippen molar-refractivity contribution in [1.29, 1.82) is 5.26 Å². The summed E-state index contributed by atoms with van der Waals surface area (Å²) in [4.78, 5) is 12.7. The molecule has 0 aliphatic carbocycles. The Bertz CT molecular complexity index is 334. The number of aromatic hydroxyl groups is 1. The summed E-state index contributed by atoms with van der Waals surface area (Å²) >= 11 is 0. The average Bonchev–Trinajstić information content (AvgIpc) is 1.95. The molecule has 4 heteroatoms. The predicted molar refractivity (Wildman–Crippen MR) is 33.4 cm³/mol. The Labute approximate surface area is 56.4 Å². The molecule has 2 N–H and O–H groups in total. The maximum atomic E-state index is 10.5. The second kappa shape index (κ2) is 2.23. The van der Waals surface area contributed by atoms with Crippen LogP contribution in [-0.4, -0.2) is 10.1 Å². The molecule has 0 radical (unpaired) electrons. The number of pyridine rings is 1. The summed E-state index contributed by atoms with van der Waals surface area (Å²) in [6.07, 6.45) is 0. The summed E-state index contributed by atoms with van der Waals surface area (Å²) in [6.45, 7) is 0. The van der Waals surface area contributed by atoms with E-state index in [9.17, 15) is 4.79 Å². The molecule has 1 aromatic rings. The molecular weight excluding hydrogens is 132 g/mol. The highest BCUT2D eigenvalue weighted by molar-refractivity contribution is 5.25. The Hall–Kier alpha value is -1.76. The van der Waals surface area contributed by atoms with Gasteiger partial charge in [-0.25, -0.2) is 0 Å². The van der Waals surface area contributed by atoms with Crippen LogP contribution in [-0.2, 0) is 0 Å². The first kappa shape index (κ1) is 6.36. The Morgan fingerprint density at radius 3 is 2.80 bits per heavy atom. The molecule has 0 saturated heterocycles. The van der Waals surface area contributed by atoms with E-state index in [0.29, 0.717) is 0 Å². The van der Waals surface area contributed by atoms with Crippen molar-refractivity contribution in [1.82, 2.24) is 4.98 Å². The first-order valence-corrected chi connectivity index (χ1v) is 2.56. The van der Waals surface area contributed by atoms with Crippen LogP contribution in [0.2, 0.25) is 0 Å². The van der Waals surface area contributed by atoms with Gasteiger partial charge in [0.25, 0.3) is 5.56 Å². The Kier molecular flexibility index (Phi) is 1.42. The molecule has 0 saturated carbocycles. The molecule has 0 amide bonds. The van der Waals surface area contributed by atoms with E-state index in [0.717, 1.165) is 0 Å². The van der Waals surface area contributed by atoms with Gasteiger partial charge in [-0.3, -0.25) is 4.79 Å². The minimum absolute atomic E-state index is 0.141. The molecule has 0 spiro atoms. The number of nitrogens with one attached hydrogen (secondary N) is 1. The van der Waals surface area contributed by atoms with Crippen LogP contribution in [0.1, 0.15) is 5.69 Å². The van der Waals surface area contributed by atoms with Gasteiger partial charge in [0.2, 0.25) is 0 Å². The third-order valence-corrected chi connectivity index (χ3v) is 1.01. The number of hydrogen-bond donors (Lipinski definition) is 2. The second-order valence-electron chi connectivity index (χ2n) is 1.70. The quantitative estimate of drug-likeness (QED) is 0.525. The molecule has 1 heterocycles. The predicted octanol–water partition coefficient (Wildman–Crippen LogP) is -0.0478. The van der Waals surface area contributed by atoms with Crippen LogP contribution in [0, 0.1) is 11.3 Å². The molecule has 1 rings (SSSR count). The highest BCUT2D eigenvalue weighted by atomic mass is 16.3. The van der Waals surface area contributed by atoms with Crippen LogP contribution in [0.4, 0.5) is 0 Å². The molecule has 1 aromatic heterocycles. The zero-order valence-corrected chi connectivity index (χ0v) is 4.96. The zero-order valence-electron chi connectivity index (χ0n) is 4.96.